The normalized spacial score (nSPS) is 11.4. The lowest BCUT2D eigenvalue weighted by Crippen LogP contribution is -2.34. The van der Waals surface area contributed by atoms with Crippen molar-refractivity contribution in [3.63, 3.8) is 0 Å². The molecule has 2 N–H and O–H groups in total. The Morgan fingerprint density at radius 2 is 1.91 bits per heavy atom. The molecular formula is C14H18N4O3S2. The highest BCUT2D eigenvalue weighted by atomic mass is 32.2. The fourth-order valence-corrected chi connectivity index (χ4v) is 3.55. The smallest absolute Gasteiger partial charge is 0.264 e. The van der Waals surface area contributed by atoms with Gasteiger partial charge in [0.2, 0.25) is 10.0 Å². The average molecular weight is 354 g/mol. The first-order valence-corrected chi connectivity index (χ1v) is 9.35. The fraction of sp³-hybridized carbons (Fsp3) is 0.357. The molecule has 0 aliphatic rings. The van der Waals surface area contributed by atoms with Crippen LogP contribution in [0.3, 0.4) is 0 Å². The Hall–Kier alpha value is -1.84. The Kier molecular flexibility index (Phi) is 5.80. The SMILES string of the molecule is CCc1nnsc1C(=O)NCCNS(=O)(=O)c1ccc(C)cc1. The second kappa shape index (κ2) is 7.62. The van der Waals surface area contributed by atoms with Gasteiger partial charge in [-0.05, 0) is 37.0 Å². The van der Waals surface area contributed by atoms with E-state index in [-0.39, 0.29) is 23.9 Å². The zero-order chi connectivity index (χ0) is 16.9. The monoisotopic (exact) mass is 354 g/mol. The molecule has 0 saturated heterocycles. The quantitative estimate of drug-likeness (QED) is 0.726. The molecule has 9 heteroatoms. The number of nitrogens with zero attached hydrogens (tertiary/aromatic N) is 2. The number of carbonyl (C=O) groups excluding carboxylic acids is 1. The van der Waals surface area contributed by atoms with Crippen LogP contribution in [-0.4, -0.2) is 37.0 Å². The summed E-state index contributed by atoms with van der Waals surface area (Å²) in [5.41, 5.74) is 1.63. The standard InChI is InChI=1S/C14H18N4O3S2/c1-3-12-13(22-18-17-12)14(19)15-8-9-16-23(20,21)11-6-4-10(2)5-7-11/h4-7,16H,3,8-9H2,1-2H3,(H,15,19). The van der Waals surface area contributed by atoms with E-state index in [1.165, 1.54) is 0 Å². The van der Waals surface area contributed by atoms with E-state index in [2.05, 4.69) is 19.6 Å². The van der Waals surface area contributed by atoms with Gasteiger partial charge >= 0.3 is 0 Å². The number of sulfonamides is 1. The van der Waals surface area contributed by atoms with Gasteiger partial charge in [-0.2, -0.15) is 0 Å². The summed E-state index contributed by atoms with van der Waals surface area (Å²) in [5, 5.41) is 6.52. The number of hydrogen-bond donors (Lipinski definition) is 2. The number of amides is 1. The van der Waals surface area contributed by atoms with Crippen molar-refractivity contribution >= 4 is 27.5 Å². The van der Waals surface area contributed by atoms with E-state index in [0.29, 0.717) is 17.0 Å². The Morgan fingerprint density at radius 3 is 2.57 bits per heavy atom. The molecule has 23 heavy (non-hydrogen) atoms. The van der Waals surface area contributed by atoms with Crippen molar-refractivity contribution in [2.24, 2.45) is 0 Å². The van der Waals surface area contributed by atoms with Crippen LogP contribution >= 0.6 is 11.5 Å². The lowest BCUT2D eigenvalue weighted by atomic mass is 10.2. The van der Waals surface area contributed by atoms with E-state index in [9.17, 15) is 13.2 Å². The number of rotatable bonds is 7. The summed E-state index contributed by atoms with van der Waals surface area (Å²) in [6.45, 7) is 4.07. The van der Waals surface area contributed by atoms with Gasteiger partial charge in [0.05, 0.1) is 10.6 Å². The summed E-state index contributed by atoms with van der Waals surface area (Å²) < 4.78 is 30.4. The third-order valence-electron chi connectivity index (χ3n) is 3.13. The zero-order valence-electron chi connectivity index (χ0n) is 12.9. The summed E-state index contributed by atoms with van der Waals surface area (Å²) in [6, 6.07) is 6.57. The molecule has 0 atom stereocenters. The molecule has 1 heterocycles. The van der Waals surface area contributed by atoms with Crippen LogP contribution in [0.25, 0.3) is 0 Å². The predicted molar refractivity (Wildman–Crippen MR) is 88.0 cm³/mol. The van der Waals surface area contributed by atoms with E-state index in [0.717, 1.165) is 17.1 Å². The highest BCUT2D eigenvalue weighted by molar-refractivity contribution is 7.89. The van der Waals surface area contributed by atoms with Crippen LogP contribution in [0.5, 0.6) is 0 Å². The van der Waals surface area contributed by atoms with Crippen molar-refractivity contribution in [2.45, 2.75) is 25.2 Å². The van der Waals surface area contributed by atoms with Crippen molar-refractivity contribution < 1.29 is 13.2 Å². The van der Waals surface area contributed by atoms with E-state index >= 15 is 0 Å². The molecule has 0 unspecified atom stereocenters. The number of nitrogens with one attached hydrogen (secondary N) is 2. The largest absolute Gasteiger partial charge is 0.350 e. The molecule has 0 spiro atoms. The fourth-order valence-electron chi connectivity index (χ4n) is 1.85. The molecule has 7 nitrogen and oxygen atoms in total. The van der Waals surface area contributed by atoms with E-state index in [4.69, 9.17) is 0 Å². The molecule has 2 rings (SSSR count). The Labute approximate surface area is 139 Å². The molecule has 0 radical (unpaired) electrons. The number of aromatic nitrogens is 2. The molecule has 1 aromatic carbocycles. The molecule has 0 aliphatic carbocycles. The first-order chi connectivity index (χ1) is 10.9. The molecule has 0 fully saturated rings. The highest BCUT2D eigenvalue weighted by Gasteiger charge is 2.16. The van der Waals surface area contributed by atoms with Crippen molar-refractivity contribution in [2.75, 3.05) is 13.1 Å². The van der Waals surface area contributed by atoms with Gasteiger partial charge in [0.25, 0.3) is 5.91 Å². The predicted octanol–water partition coefficient (Wildman–Crippen LogP) is 1.12. The summed E-state index contributed by atoms with van der Waals surface area (Å²) in [5.74, 6) is -0.286. The maximum Gasteiger partial charge on any atom is 0.264 e. The van der Waals surface area contributed by atoms with Gasteiger partial charge in [-0.1, -0.05) is 29.1 Å². The van der Waals surface area contributed by atoms with Crippen LogP contribution in [0.2, 0.25) is 0 Å². The average Bonchev–Trinajstić information content (AvgIpc) is 3.00. The molecule has 124 valence electrons. The van der Waals surface area contributed by atoms with Crippen LogP contribution in [0.15, 0.2) is 29.2 Å². The van der Waals surface area contributed by atoms with Crippen molar-refractivity contribution in [1.82, 2.24) is 19.6 Å². The molecule has 0 aliphatic heterocycles. The molecular weight excluding hydrogens is 336 g/mol. The molecule has 1 aromatic heterocycles. The Morgan fingerprint density at radius 1 is 1.22 bits per heavy atom. The van der Waals surface area contributed by atoms with Gasteiger partial charge in [0, 0.05) is 13.1 Å². The Bertz CT molecular complexity index is 770. The van der Waals surface area contributed by atoms with Crippen molar-refractivity contribution in [3.05, 3.63) is 40.4 Å². The highest BCUT2D eigenvalue weighted by Crippen LogP contribution is 2.11. The first kappa shape index (κ1) is 17.5. The van der Waals surface area contributed by atoms with Gasteiger partial charge < -0.3 is 5.32 Å². The van der Waals surface area contributed by atoms with Crippen molar-refractivity contribution in [1.29, 1.82) is 0 Å². The topological polar surface area (TPSA) is 101 Å². The van der Waals surface area contributed by atoms with Gasteiger partial charge in [0.1, 0.15) is 4.88 Å². The van der Waals surface area contributed by atoms with Crippen molar-refractivity contribution in [3.8, 4) is 0 Å². The molecule has 0 saturated carbocycles. The van der Waals surface area contributed by atoms with Gasteiger partial charge in [-0.15, -0.1) is 5.10 Å². The lowest BCUT2D eigenvalue weighted by Gasteiger charge is -2.08. The van der Waals surface area contributed by atoms with Gasteiger partial charge in [-0.3, -0.25) is 4.79 Å². The van der Waals surface area contributed by atoms with Crippen LogP contribution < -0.4 is 10.0 Å². The molecule has 0 bridgehead atoms. The number of benzene rings is 1. The minimum absolute atomic E-state index is 0.107. The second-order valence-corrected chi connectivity index (χ2v) is 7.39. The maximum absolute atomic E-state index is 12.1. The summed E-state index contributed by atoms with van der Waals surface area (Å²) in [6.07, 6.45) is 0.624. The molecule has 2 aromatic rings. The Balaban J connectivity index is 1.85. The maximum atomic E-state index is 12.1. The number of hydrogen-bond acceptors (Lipinski definition) is 6. The van der Waals surface area contributed by atoms with Crippen LogP contribution in [0.1, 0.15) is 27.9 Å². The second-order valence-electron chi connectivity index (χ2n) is 4.87. The minimum Gasteiger partial charge on any atom is -0.350 e. The van der Waals surface area contributed by atoms with Gasteiger partial charge in [-0.25, -0.2) is 13.1 Å². The lowest BCUT2D eigenvalue weighted by molar-refractivity contribution is 0.0957. The van der Waals surface area contributed by atoms with E-state index in [1.807, 2.05) is 13.8 Å². The summed E-state index contributed by atoms with van der Waals surface area (Å²) >= 11 is 1.03. The van der Waals surface area contributed by atoms with E-state index < -0.39 is 10.0 Å². The van der Waals surface area contributed by atoms with Gasteiger partial charge in [0.15, 0.2) is 0 Å². The first-order valence-electron chi connectivity index (χ1n) is 7.10. The summed E-state index contributed by atoms with van der Waals surface area (Å²) in [7, 11) is -3.56. The van der Waals surface area contributed by atoms with E-state index in [1.54, 1.807) is 24.3 Å². The van der Waals surface area contributed by atoms with Crippen LogP contribution in [0.4, 0.5) is 0 Å². The van der Waals surface area contributed by atoms with Crippen LogP contribution in [-0.2, 0) is 16.4 Å². The third kappa shape index (κ3) is 4.57. The summed E-state index contributed by atoms with van der Waals surface area (Å²) in [4.78, 5) is 12.6. The zero-order valence-corrected chi connectivity index (χ0v) is 14.5. The number of aryl methyl sites for hydroxylation is 2. The van der Waals surface area contributed by atoms with Crippen LogP contribution in [0, 0.1) is 6.92 Å². The minimum atomic E-state index is -3.56. The number of carbonyl (C=O) groups is 1. The molecule has 1 amide bonds. The third-order valence-corrected chi connectivity index (χ3v) is 5.37.